The standard InChI is InChI=1S/C19H14N4/c1-3-7-15(8-4-1)16-11-13-18(14-12-16)23-21-19(20-22-23)17-9-5-2-6-10-17/h1-14H. The Kier molecular flexibility index (Phi) is 3.41. The molecular formula is C19H14N4. The summed E-state index contributed by atoms with van der Waals surface area (Å²) in [7, 11) is 0. The summed E-state index contributed by atoms with van der Waals surface area (Å²) in [5.41, 5.74) is 4.20. The van der Waals surface area contributed by atoms with Gasteiger partial charge in [0.25, 0.3) is 0 Å². The van der Waals surface area contributed by atoms with E-state index in [-0.39, 0.29) is 0 Å². The number of aromatic nitrogens is 4. The number of rotatable bonds is 3. The predicted octanol–water partition coefficient (Wildman–Crippen LogP) is 4.00. The third-order valence-electron chi connectivity index (χ3n) is 3.65. The molecule has 0 radical (unpaired) electrons. The van der Waals surface area contributed by atoms with Crippen LogP contribution in [-0.4, -0.2) is 20.2 Å². The van der Waals surface area contributed by atoms with Crippen molar-refractivity contribution in [1.29, 1.82) is 0 Å². The first-order chi connectivity index (χ1) is 11.4. The highest BCUT2D eigenvalue weighted by atomic mass is 15.6. The topological polar surface area (TPSA) is 43.6 Å². The second-order valence-corrected chi connectivity index (χ2v) is 5.18. The highest BCUT2D eigenvalue weighted by Gasteiger charge is 2.07. The lowest BCUT2D eigenvalue weighted by Gasteiger charge is -2.03. The SMILES string of the molecule is c1ccc(-c2ccc(-n3nnc(-c4ccccc4)n3)cc2)cc1. The molecule has 0 aliphatic carbocycles. The predicted molar refractivity (Wildman–Crippen MR) is 90.0 cm³/mol. The molecule has 0 unspecified atom stereocenters. The molecule has 0 saturated carbocycles. The van der Waals surface area contributed by atoms with E-state index in [1.807, 2.05) is 60.7 Å². The molecule has 23 heavy (non-hydrogen) atoms. The zero-order chi connectivity index (χ0) is 15.5. The van der Waals surface area contributed by atoms with Gasteiger partial charge in [-0.1, -0.05) is 72.8 Å². The summed E-state index contributed by atoms with van der Waals surface area (Å²) in [6.07, 6.45) is 0. The molecule has 4 rings (SSSR count). The molecule has 0 amide bonds. The summed E-state index contributed by atoms with van der Waals surface area (Å²) < 4.78 is 0. The van der Waals surface area contributed by atoms with Gasteiger partial charge in [-0.05, 0) is 28.5 Å². The van der Waals surface area contributed by atoms with E-state index in [1.165, 1.54) is 5.56 Å². The lowest BCUT2D eigenvalue weighted by Crippen LogP contribution is -1.98. The summed E-state index contributed by atoms with van der Waals surface area (Å²) >= 11 is 0. The van der Waals surface area contributed by atoms with Crippen LogP contribution >= 0.6 is 0 Å². The second kappa shape index (κ2) is 5.85. The second-order valence-electron chi connectivity index (χ2n) is 5.18. The average Bonchev–Trinajstić information content (AvgIpc) is 3.14. The Morgan fingerprint density at radius 2 is 1.13 bits per heavy atom. The molecule has 1 heterocycles. The monoisotopic (exact) mass is 298 g/mol. The normalized spacial score (nSPS) is 10.6. The lowest BCUT2D eigenvalue weighted by atomic mass is 10.1. The van der Waals surface area contributed by atoms with Gasteiger partial charge in [0.15, 0.2) is 0 Å². The van der Waals surface area contributed by atoms with Gasteiger partial charge < -0.3 is 0 Å². The van der Waals surface area contributed by atoms with Crippen LogP contribution in [0.5, 0.6) is 0 Å². The number of hydrogen-bond donors (Lipinski definition) is 0. The van der Waals surface area contributed by atoms with Gasteiger partial charge in [0, 0.05) is 5.56 Å². The van der Waals surface area contributed by atoms with Crippen molar-refractivity contribution in [3.05, 3.63) is 84.9 Å². The Bertz CT molecular complexity index is 897. The molecule has 0 aliphatic heterocycles. The van der Waals surface area contributed by atoms with Crippen LogP contribution in [-0.2, 0) is 0 Å². The van der Waals surface area contributed by atoms with Crippen LogP contribution in [0.2, 0.25) is 0 Å². The molecule has 0 saturated heterocycles. The maximum Gasteiger partial charge on any atom is 0.205 e. The number of hydrogen-bond acceptors (Lipinski definition) is 3. The minimum Gasteiger partial charge on any atom is -0.130 e. The minimum absolute atomic E-state index is 0.623. The van der Waals surface area contributed by atoms with E-state index < -0.39 is 0 Å². The fourth-order valence-corrected chi connectivity index (χ4v) is 2.44. The van der Waals surface area contributed by atoms with Gasteiger partial charge in [-0.3, -0.25) is 0 Å². The van der Waals surface area contributed by atoms with E-state index in [0.29, 0.717) is 5.82 Å². The van der Waals surface area contributed by atoms with Crippen LogP contribution in [0.3, 0.4) is 0 Å². The number of benzene rings is 3. The van der Waals surface area contributed by atoms with E-state index in [2.05, 4.69) is 39.7 Å². The van der Waals surface area contributed by atoms with E-state index in [1.54, 1.807) is 4.80 Å². The quantitative estimate of drug-likeness (QED) is 0.574. The molecule has 0 bridgehead atoms. The first kappa shape index (κ1) is 13.4. The van der Waals surface area contributed by atoms with Crippen LogP contribution in [0.1, 0.15) is 0 Å². The number of tetrazole rings is 1. The van der Waals surface area contributed by atoms with Crippen molar-refractivity contribution in [1.82, 2.24) is 20.2 Å². The highest BCUT2D eigenvalue weighted by molar-refractivity contribution is 5.64. The van der Waals surface area contributed by atoms with Crippen molar-refractivity contribution >= 4 is 0 Å². The van der Waals surface area contributed by atoms with Crippen molar-refractivity contribution in [2.24, 2.45) is 0 Å². The van der Waals surface area contributed by atoms with Crippen LogP contribution in [0.4, 0.5) is 0 Å². The van der Waals surface area contributed by atoms with Crippen molar-refractivity contribution in [2.45, 2.75) is 0 Å². The van der Waals surface area contributed by atoms with Crippen molar-refractivity contribution < 1.29 is 0 Å². The van der Waals surface area contributed by atoms with Gasteiger partial charge in [0.05, 0.1) is 5.69 Å². The summed E-state index contributed by atoms with van der Waals surface area (Å²) in [6.45, 7) is 0. The van der Waals surface area contributed by atoms with Gasteiger partial charge in [0.1, 0.15) is 0 Å². The van der Waals surface area contributed by atoms with Gasteiger partial charge >= 0.3 is 0 Å². The third kappa shape index (κ3) is 2.74. The zero-order valence-corrected chi connectivity index (χ0v) is 12.4. The van der Waals surface area contributed by atoms with Crippen LogP contribution in [0, 0.1) is 0 Å². The zero-order valence-electron chi connectivity index (χ0n) is 12.4. The minimum atomic E-state index is 0.623. The molecule has 0 spiro atoms. The van der Waals surface area contributed by atoms with E-state index in [4.69, 9.17) is 0 Å². The Morgan fingerprint density at radius 1 is 0.565 bits per heavy atom. The highest BCUT2D eigenvalue weighted by Crippen LogP contribution is 2.20. The van der Waals surface area contributed by atoms with Gasteiger partial charge in [-0.15, -0.1) is 15.0 Å². The van der Waals surface area contributed by atoms with E-state index >= 15 is 0 Å². The molecule has 0 fully saturated rings. The fourth-order valence-electron chi connectivity index (χ4n) is 2.44. The number of nitrogens with zero attached hydrogens (tertiary/aromatic N) is 4. The fraction of sp³-hybridized carbons (Fsp3) is 0. The maximum atomic E-state index is 4.45. The van der Waals surface area contributed by atoms with Crippen molar-refractivity contribution in [3.8, 4) is 28.2 Å². The molecule has 4 aromatic rings. The molecule has 0 N–H and O–H groups in total. The van der Waals surface area contributed by atoms with Crippen LogP contribution < -0.4 is 0 Å². The average molecular weight is 298 g/mol. The smallest absolute Gasteiger partial charge is 0.130 e. The summed E-state index contributed by atoms with van der Waals surface area (Å²) in [6, 6.07) is 28.2. The van der Waals surface area contributed by atoms with Crippen molar-refractivity contribution in [3.63, 3.8) is 0 Å². The Hall–Kier alpha value is -3.27. The van der Waals surface area contributed by atoms with Gasteiger partial charge in [-0.25, -0.2) is 0 Å². The Balaban J connectivity index is 1.63. The Morgan fingerprint density at radius 3 is 1.78 bits per heavy atom. The lowest BCUT2D eigenvalue weighted by molar-refractivity contribution is 0.720. The molecule has 1 aromatic heterocycles. The van der Waals surface area contributed by atoms with Crippen molar-refractivity contribution in [2.75, 3.05) is 0 Å². The first-order valence-corrected chi connectivity index (χ1v) is 7.41. The molecule has 0 atom stereocenters. The molecular weight excluding hydrogens is 284 g/mol. The summed E-state index contributed by atoms with van der Waals surface area (Å²) in [5, 5.41) is 12.7. The van der Waals surface area contributed by atoms with Gasteiger partial charge in [0.2, 0.25) is 5.82 Å². The molecule has 4 nitrogen and oxygen atoms in total. The largest absolute Gasteiger partial charge is 0.205 e. The van der Waals surface area contributed by atoms with Crippen LogP contribution in [0.25, 0.3) is 28.2 Å². The summed E-state index contributed by atoms with van der Waals surface area (Å²) in [4.78, 5) is 1.55. The summed E-state index contributed by atoms with van der Waals surface area (Å²) in [5.74, 6) is 0.623. The van der Waals surface area contributed by atoms with E-state index in [9.17, 15) is 0 Å². The molecule has 110 valence electrons. The van der Waals surface area contributed by atoms with E-state index in [0.717, 1.165) is 16.8 Å². The molecule has 3 aromatic carbocycles. The van der Waals surface area contributed by atoms with Crippen LogP contribution in [0.15, 0.2) is 84.9 Å². The van der Waals surface area contributed by atoms with Gasteiger partial charge in [-0.2, -0.15) is 0 Å². The molecule has 4 heteroatoms. The Labute approximate surface area is 134 Å². The molecule has 0 aliphatic rings. The third-order valence-corrected chi connectivity index (χ3v) is 3.65. The first-order valence-electron chi connectivity index (χ1n) is 7.41. The maximum absolute atomic E-state index is 4.45.